The minimum atomic E-state index is 0.709. The van der Waals surface area contributed by atoms with Crippen molar-refractivity contribution in [3.8, 4) is 11.5 Å². The van der Waals surface area contributed by atoms with Crippen LogP contribution >= 0.6 is 11.6 Å². The van der Waals surface area contributed by atoms with Gasteiger partial charge in [0.2, 0.25) is 0 Å². The van der Waals surface area contributed by atoms with Crippen molar-refractivity contribution in [3.05, 3.63) is 58.9 Å². The van der Waals surface area contributed by atoms with E-state index in [1.165, 1.54) is 5.69 Å². The van der Waals surface area contributed by atoms with Crippen molar-refractivity contribution in [2.45, 2.75) is 19.5 Å². The number of nitrogens with zero attached hydrogens (tertiary/aromatic N) is 6. The van der Waals surface area contributed by atoms with Gasteiger partial charge in [0.25, 0.3) is 0 Å². The van der Waals surface area contributed by atoms with Crippen molar-refractivity contribution in [2.75, 3.05) is 45.3 Å². The van der Waals surface area contributed by atoms with Crippen molar-refractivity contribution in [1.29, 1.82) is 0 Å². The second-order valence-corrected chi connectivity index (χ2v) is 7.94. The van der Waals surface area contributed by atoms with Crippen molar-refractivity contribution in [1.82, 2.24) is 25.1 Å². The minimum Gasteiger partial charge on any atom is -0.493 e. The largest absolute Gasteiger partial charge is 0.493 e. The SMILES string of the molecule is COc1ccc(CCn2nnnc2CN2CCN(c3cccc(Cl)c3)CC2)cc1OC. The number of rotatable bonds is 8. The molecule has 0 N–H and O–H groups in total. The minimum absolute atomic E-state index is 0.709. The number of aryl methyl sites for hydroxylation is 2. The van der Waals surface area contributed by atoms with Gasteiger partial charge in [-0.25, -0.2) is 4.68 Å². The Morgan fingerprint density at radius 2 is 1.77 bits per heavy atom. The lowest BCUT2D eigenvalue weighted by molar-refractivity contribution is 0.239. The van der Waals surface area contributed by atoms with Gasteiger partial charge in [-0.15, -0.1) is 5.10 Å². The van der Waals surface area contributed by atoms with Crippen molar-refractivity contribution >= 4 is 17.3 Å². The maximum Gasteiger partial charge on any atom is 0.165 e. The third-order valence-corrected chi connectivity index (χ3v) is 5.81. The lowest BCUT2D eigenvalue weighted by atomic mass is 10.1. The Morgan fingerprint density at radius 3 is 2.52 bits per heavy atom. The van der Waals surface area contributed by atoms with Crippen LogP contribution in [0.3, 0.4) is 0 Å². The predicted molar refractivity (Wildman–Crippen MR) is 120 cm³/mol. The predicted octanol–water partition coefficient (Wildman–Crippen LogP) is 2.91. The molecule has 1 aromatic heterocycles. The first-order chi connectivity index (χ1) is 15.2. The average Bonchev–Trinajstić information content (AvgIpc) is 3.24. The third-order valence-electron chi connectivity index (χ3n) is 5.58. The van der Waals surface area contributed by atoms with Gasteiger partial charge >= 0.3 is 0 Å². The Morgan fingerprint density at radius 1 is 0.968 bits per heavy atom. The molecule has 0 unspecified atom stereocenters. The van der Waals surface area contributed by atoms with Crippen LogP contribution in [0.4, 0.5) is 5.69 Å². The molecule has 0 bridgehead atoms. The zero-order valence-corrected chi connectivity index (χ0v) is 18.6. The van der Waals surface area contributed by atoms with E-state index in [0.717, 1.165) is 67.1 Å². The zero-order chi connectivity index (χ0) is 21.6. The zero-order valence-electron chi connectivity index (χ0n) is 17.9. The number of methoxy groups -OCH3 is 2. The fourth-order valence-electron chi connectivity index (χ4n) is 3.82. The quantitative estimate of drug-likeness (QED) is 0.531. The third kappa shape index (κ3) is 5.26. The number of anilines is 1. The molecule has 0 aliphatic carbocycles. The van der Waals surface area contributed by atoms with E-state index in [1.807, 2.05) is 41.1 Å². The number of tetrazole rings is 1. The van der Waals surface area contributed by atoms with E-state index in [-0.39, 0.29) is 0 Å². The second-order valence-electron chi connectivity index (χ2n) is 7.50. The van der Waals surface area contributed by atoms with Crippen molar-refractivity contribution < 1.29 is 9.47 Å². The van der Waals surface area contributed by atoms with Gasteiger partial charge in [-0.05, 0) is 52.7 Å². The summed E-state index contributed by atoms with van der Waals surface area (Å²) in [7, 11) is 3.28. The molecular formula is C22H27ClN6O2. The van der Waals surface area contributed by atoms with Gasteiger partial charge in [0, 0.05) is 43.4 Å². The molecule has 1 saturated heterocycles. The van der Waals surface area contributed by atoms with Crippen LogP contribution in [0.5, 0.6) is 11.5 Å². The van der Waals surface area contributed by atoms with Crippen LogP contribution in [0.25, 0.3) is 0 Å². The molecule has 1 fully saturated rings. The highest BCUT2D eigenvalue weighted by Gasteiger charge is 2.20. The summed E-state index contributed by atoms with van der Waals surface area (Å²) in [5.74, 6) is 2.34. The lowest BCUT2D eigenvalue weighted by Gasteiger charge is -2.35. The van der Waals surface area contributed by atoms with Crippen LogP contribution in [0.2, 0.25) is 5.02 Å². The molecule has 1 aliphatic rings. The molecule has 3 aromatic rings. The van der Waals surface area contributed by atoms with Gasteiger partial charge in [-0.3, -0.25) is 4.90 Å². The van der Waals surface area contributed by atoms with Gasteiger partial charge in [-0.2, -0.15) is 0 Å². The number of ether oxygens (including phenoxy) is 2. The topological polar surface area (TPSA) is 68.5 Å². The smallest absolute Gasteiger partial charge is 0.165 e. The molecule has 0 atom stereocenters. The summed E-state index contributed by atoms with van der Waals surface area (Å²) in [5, 5.41) is 13.1. The van der Waals surface area contributed by atoms with E-state index >= 15 is 0 Å². The molecule has 0 amide bonds. The summed E-state index contributed by atoms with van der Waals surface area (Å²) in [6.07, 6.45) is 0.806. The first-order valence-corrected chi connectivity index (χ1v) is 10.7. The summed E-state index contributed by atoms with van der Waals surface area (Å²) in [4.78, 5) is 4.75. The molecule has 4 rings (SSSR count). The summed E-state index contributed by atoms with van der Waals surface area (Å²) in [5.41, 5.74) is 2.32. The number of benzene rings is 2. The van der Waals surface area contributed by atoms with E-state index in [1.54, 1.807) is 14.2 Å². The second kappa shape index (κ2) is 9.98. The Labute approximate surface area is 187 Å². The maximum atomic E-state index is 6.14. The highest BCUT2D eigenvalue weighted by Crippen LogP contribution is 2.28. The molecule has 2 aromatic carbocycles. The fourth-order valence-corrected chi connectivity index (χ4v) is 4.00. The summed E-state index contributed by atoms with van der Waals surface area (Å²) < 4.78 is 12.6. The highest BCUT2D eigenvalue weighted by atomic mass is 35.5. The molecular weight excluding hydrogens is 416 g/mol. The van der Waals surface area contributed by atoms with Gasteiger partial charge < -0.3 is 14.4 Å². The van der Waals surface area contributed by atoms with E-state index in [0.29, 0.717) is 6.54 Å². The van der Waals surface area contributed by atoms with Crippen molar-refractivity contribution in [3.63, 3.8) is 0 Å². The Balaban J connectivity index is 1.32. The maximum absolute atomic E-state index is 6.14. The van der Waals surface area contributed by atoms with Crippen LogP contribution < -0.4 is 14.4 Å². The van der Waals surface area contributed by atoms with E-state index in [4.69, 9.17) is 21.1 Å². The van der Waals surface area contributed by atoms with Crippen LogP contribution in [-0.2, 0) is 19.5 Å². The highest BCUT2D eigenvalue weighted by molar-refractivity contribution is 6.30. The van der Waals surface area contributed by atoms with Crippen LogP contribution in [-0.4, -0.2) is 65.5 Å². The number of piperazine rings is 1. The molecule has 31 heavy (non-hydrogen) atoms. The molecule has 9 heteroatoms. The number of hydrogen-bond donors (Lipinski definition) is 0. The van der Waals surface area contributed by atoms with Gasteiger partial charge in [0.1, 0.15) is 0 Å². The monoisotopic (exact) mass is 442 g/mol. The average molecular weight is 443 g/mol. The molecule has 1 aliphatic heterocycles. The number of aromatic nitrogens is 4. The Bertz CT molecular complexity index is 1000. The molecule has 2 heterocycles. The van der Waals surface area contributed by atoms with Gasteiger partial charge in [0.15, 0.2) is 17.3 Å². The Hall–Kier alpha value is -2.84. The van der Waals surface area contributed by atoms with E-state index in [9.17, 15) is 0 Å². The first kappa shape index (κ1) is 21.4. The van der Waals surface area contributed by atoms with Gasteiger partial charge in [0.05, 0.1) is 20.8 Å². The number of halogens is 1. The molecule has 0 spiro atoms. The normalized spacial score (nSPS) is 14.6. The van der Waals surface area contributed by atoms with Crippen LogP contribution in [0, 0.1) is 0 Å². The molecule has 0 radical (unpaired) electrons. The fraction of sp³-hybridized carbons (Fsp3) is 0.409. The van der Waals surface area contributed by atoms with Crippen molar-refractivity contribution in [2.24, 2.45) is 0 Å². The van der Waals surface area contributed by atoms with E-state index < -0.39 is 0 Å². The van der Waals surface area contributed by atoms with E-state index in [2.05, 4.69) is 31.4 Å². The van der Waals surface area contributed by atoms with Gasteiger partial charge in [-0.1, -0.05) is 23.7 Å². The molecule has 164 valence electrons. The first-order valence-electron chi connectivity index (χ1n) is 10.3. The summed E-state index contributed by atoms with van der Waals surface area (Å²) in [6, 6.07) is 14.0. The standard InChI is InChI=1S/C22H27ClN6O2/c1-30-20-7-6-17(14-21(20)31-2)8-9-29-22(24-25-26-29)16-27-10-12-28(13-11-27)19-5-3-4-18(23)15-19/h3-7,14-15H,8-13,16H2,1-2H3. The lowest BCUT2D eigenvalue weighted by Crippen LogP contribution is -2.46. The summed E-state index contributed by atoms with van der Waals surface area (Å²) >= 11 is 6.14. The summed E-state index contributed by atoms with van der Waals surface area (Å²) in [6.45, 7) is 5.26. The molecule has 0 saturated carbocycles. The molecule has 8 nitrogen and oxygen atoms in total. The number of hydrogen-bond acceptors (Lipinski definition) is 7. The van der Waals surface area contributed by atoms with Crippen LogP contribution in [0.1, 0.15) is 11.4 Å². The van der Waals surface area contributed by atoms with Crippen LogP contribution in [0.15, 0.2) is 42.5 Å². The Kier molecular flexibility index (Phi) is 6.89.